The van der Waals surface area contributed by atoms with E-state index in [1.807, 2.05) is 6.92 Å². The number of nitrogens with zero attached hydrogens (tertiary/aromatic N) is 1. The molecule has 0 bridgehead atoms. The molecule has 0 unspecified atom stereocenters. The Bertz CT molecular complexity index is 628. The number of hydrogen-bond acceptors (Lipinski definition) is 2. The summed E-state index contributed by atoms with van der Waals surface area (Å²) in [6.07, 6.45) is 1.56. The van der Waals surface area contributed by atoms with Gasteiger partial charge in [0.25, 0.3) is 5.91 Å². The van der Waals surface area contributed by atoms with Gasteiger partial charge < -0.3 is 5.32 Å². The van der Waals surface area contributed by atoms with Crippen LogP contribution in [-0.4, -0.2) is 10.9 Å². The van der Waals surface area contributed by atoms with Gasteiger partial charge in [0, 0.05) is 11.8 Å². The van der Waals surface area contributed by atoms with E-state index in [0.717, 1.165) is 5.56 Å². The lowest BCUT2D eigenvalue weighted by atomic mass is 10.2. The lowest BCUT2D eigenvalue weighted by Gasteiger charge is -2.09. The molecule has 0 aliphatic carbocycles. The Morgan fingerprint density at radius 3 is 2.79 bits per heavy atom. The van der Waals surface area contributed by atoms with Crippen molar-refractivity contribution in [2.75, 3.05) is 5.32 Å². The highest BCUT2D eigenvalue weighted by atomic mass is 79.9. The molecule has 6 heteroatoms. The molecule has 0 atom stereocenters. The second kappa shape index (κ2) is 5.67. The predicted octanol–water partition coefficient (Wildman–Crippen LogP) is 4.20. The van der Waals surface area contributed by atoms with Crippen LogP contribution in [0.5, 0.6) is 0 Å². The van der Waals surface area contributed by atoms with E-state index in [2.05, 4.69) is 26.2 Å². The molecule has 1 aromatic carbocycles. The van der Waals surface area contributed by atoms with Crippen LogP contribution in [0, 0.1) is 12.7 Å². The molecule has 2 aromatic rings. The minimum absolute atomic E-state index is 0.217. The zero-order valence-electron chi connectivity index (χ0n) is 9.88. The largest absolute Gasteiger partial charge is 0.319 e. The van der Waals surface area contributed by atoms with Crippen LogP contribution < -0.4 is 5.32 Å². The molecule has 1 aromatic heterocycles. The van der Waals surface area contributed by atoms with Crippen molar-refractivity contribution in [1.29, 1.82) is 0 Å². The Hall–Kier alpha value is -1.46. The molecule has 0 aliphatic heterocycles. The summed E-state index contributed by atoms with van der Waals surface area (Å²) in [6.45, 7) is 1.81. The number of pyridine rings is 1. The van der Waals surface area contributed by atoms with E-state index in [0.29, 0.717) is 11.3 Å². The number of halogens is 3. The zero-order chi connectivity index (χ0) is 14.0. The van der Waals surface area contributed by atoms with E-state index in [1.54, 1.807) is 12.3 Å². The molecule has 1 heterocycles. The average Bonchev–Trinajstić information content (AvgIpc) is 2.37. The van der Waals surface area contributed by atoms with Crippen LogP contribution in [0.25, 0.3) is 0 Å². The zero-order valence-corrected chi connectivity index (χ0v) is 12.2. The van der Waals surface area contributed by atoms with Gasteiger partial charge in [0.2, 0.25) is 0 Å². The van der Waals surface area contributed by atoms with Crippen LogP contribution in [0.4, 0.5) is 10.1 Å². The number of carbonyl (C=O) groups excluding carboxylic acids is 1. The normalized spacial score (nSPS) is 10.3. The number of hydrogen-bond donors (Lipinski definition) is 1. The Morgan fingerprint density at radius 2 is 2.16 bits per heavy atom. The summed E-state index contributed by atoms with van der Waals surface area (Å²) < 4.78 is 13.3. The van der Waals surface area contributed by atoms with Gasteiger partial charge in [-0.25, -0.2) is 9.37 Å². The van der Waals surface area contributed by atoms with Gasteiger partial charge >= 0.3 is 0 Å². The van der Waals surface area contributed by atoms with Gasteiger partial charge in [-0.15, -0.1) is 0 Å². The standard InChI is InChI=1S/C13H9BrClFN2O/c1-7-4-5-17-12(15)11(7)18-13(19)8-2-3-10(16)9(14)6-8/h2-6H,1H3,(H,18,19). The van der Waals surface area contributed by atoms with E-state index in [1.165, 1.54) is 18.2 Å². The minimum Gasteiger partial charge on any atom is -0.319 e. The van der Waals surface area contributed by atoms with Gasteiger partial charge in [-0.3, -0.25) is 4.79 Å². The first-order valence-corrected chi connectivity index (χ1v) is 6.53. The molecule has 98 valence electrons. The Balaban J connectivity index is 2.28. The monoisotopic (exact) mass is 342 g/mol. The Morgan fingerprint density at radius 1 is 1.42 bits per heavy atom. The maximum atomic E-state index is 13.1. The fraction of sp³-hybridized carbons (Fsp3) is 0.0769. The van der Waals surface area contributed by atoms with Gasteiger partial charge in [0.15, 0.2) is 5.15 Å². The Labute approximate surface area is 122 Å². The van der Waals surface area contributed by atoms with Crippen LogP contribution in [0.3, 0.4) is 0 Å². The van der Waals surface area contributed by atoms with Gasteiger partial charge in [-0.2, -0.15) is 0 Å². The van der Waals surface area contributed by atoms with Crippen molar-refractivity contribution in [3.8, 4) is 0 Å². The summed E-state index contributed by atoms with van der Waals surface area (Å²) in [4.78, 5) is 15.9. The molecule has 0 saturated carbocycles. The summed E-state index contributed by atoms with van der Waals surface area (Å²) in [5.74, 6) is -0.800. The third-order valence-electron chi connectivity index (χ3n) is 2.53. The van der Waals surface area contributed by atoms with E-state index in [9.17, 15) is 9.18 Å². The third-order valence-corrected chi connectivity index (χ3v) is 3.43. The number of amides is 1. The molecule has 1 N–H and O–H groups in total. The number of aromatic nitrogens is 1. The molecule has 0 radical (unpaired) electrons. The summed E-state index contributed by atoms with van der Waals surface area (Å²) in [5, 5.41) is 2.88. The number of anilines is 1. The number of benzene rings is 1. The summed E-state index contributed by atoms with van der Waals surface area (Å²) in [6, 6.07) is 5.76. The maximum absolute atomic E-state index is 13.1. The molecule has 0 fully saturated rings. The topological polar surface area (TPSA) is 42.0 Å². The van der Waals surface area contributed by atoms with Gasteiger partial charge in [0.05, 0.1) is 10.2 Å². The number of aryl methyl sites for hydroxylation is 1. The molecule has 19 heavy (non-hydrogen) atoms. The number of nitrogens with one attached hydrogen (secondary N) is 1. The third kappa shape index (κ3) is 3.11. The van der Waals surface area contributed by atoms with E-state index < -0.39 is 5.82 Å². The lowest BCUT2D eigenvalue weighted by Crippen LogP contribution is -2.13. The molecule has 0 aliphatic rings. The van der Waals surface area contributed by atoms with Crippen LogP contribution in [0.15, 0.2) is 34.9 Å². The average molecular weight is 344 g/mol. The van der Waals surface area contributed by atoms with Crippen LogP contribution in [0.1, 0.15) is 15.9 Å². The smallest absolute Gasteiger partial charge is 0.255 e. The molecule has 0 saturated heterocycles. The SMILES string of the molecule is Cc1ccnc(Cl)c1NC(=O)c1ccc(F)c(Br)c1. The number of rotatable bonds is 2. The van der Waals surface area contributed by atoms with E-state index >= 15 is 0 Å². The van der Waals surface area contributed by atoms with Crippen molar-refractivity contribution in [3.05, 3.63) is 57.0 Å². The molecular weight excluding hydrogens is 335 g/mol. The Kier molecular flexibility index (Phi) is 4.17. The van der Waals surface area contributed by atoms with Crippen LogP contribution in [-0.2, 0) is 0 Å². The highest BCUT2D eigenvalue weighted by Gasteiger charge is 2.12. The highest BCUT2D eigenvalue weighted by Crippen LogP contribution is 2.24. The van der Waals surface area contributed by atoms with Gasteiger partial charge in [0.1, 0.15) is 5.82 Å². The fourth-order valence-electron chi connectivity index (χ4n) is 1.50. The second-order valence-electron chi connectivity index (χ2n) is 3.88. The predicted molar refractivity (Wildman–Crippen MR) is 76.0 cm³/mol. The molecule has 2 rings (SSSR count). The second-order valence-corrected chi connectivity index (χ2v) is 5.09. The lowest BCUT2D eigenvalue weighted by molar-refractivity contribution is 0.102. The van der Waals surface area contributed by atoms with Crippen molar-refractivity contribution in [2.24, 2.45) is 0 Å². The quantitative estimate of drug-likeness (QED) is 0.831. The summed E-state index contributed by atoms with van der Waals surface area (Å²) in [5.41, 5.74) is 1.58. The van der Waals surface area contributed by atoms with Gasteiger partial charge in [-0.1, -0.05) is 11.6 Å². The number of carbonyl (C=O) groups is 1. The van der Waals surface area contributed by atoms with Crippen molar-refractivity contribution in [3.63, 3.8) is 0 Å². The molecular formula is C13H9BrClFN2O. The first kappa shape index (κ1) is 14.0. The highest BCUT2D eigenvalue weighted by molar-refractivity contribution is 9.10. The molecule has 3 nitrogen and oxygen atoms in total. The summed E-state index contributed by atoms with van der Waals surface area (Å²) in [7, 11) is 0. The molecule has 0 spiro atoms. The van der Waals surface area contributed by atoms with Crippen molar-refractivity contribution in [2.45, 2.75) is 6.92 Å². The minimum atomic E-state index is -0.424. The first-order valence-electron chi connectivity index (χ1n) is 5.36. The van der Waals surface area contributed by atoms with Crippen LogP contribution >= 0.6 is 27.5 Å². The van der Waals surface area contributed by atoms with Crippen molar-refractivity contribution < 1.29 is 9.18 Å². The van der Waals surface area contributed by atoms with Crippen molar-refractivity contribution in [1.82, 2.24) is 4.98 Å². The van der Waals surface area contributed by atoms with Gasteiger partial charge in [-0.05, 0) is 52.7 Å². The summed E-state index contributed by atoms with van der Waals surface area (Å²) >= 11 is 8.96. The fourth-order valence-corrected chi connectivity index (χ4v) is 2.13. The van der Waals surface area contributed by atoms with Crippen molar-refractivity contribution >= 4 is 39.1 Å². The van der Waals surface area contributed by atoms with Crippen LogP contribution in [0.2, 0.25) is 5.15 Å². The molecule has 1 amide bonds. The van der Waals surface area contributed by atoms with E-state index in [4.69, 9.17) is 11.6 Å². The first-order chi connectivity index (χ1) is 8.99. The maximum Gasteiger partial charge on any atom is 0.255 e. The van der Waals surface area contributed by atoms with E-state index in [-0.39, 0.29) is 15.5 Å².